The van der Waals surface area contributed by atoms with Crippen LogP contribution in [0.25, 0.3) is 0 Å². The van der Waals surface area contributed by atoms with Crippen LogP contribution >= 0.6 is 0 Å². The summed E-state index contributed by atoms with van der Waals surface area (Å²) < 4.78 is 0. The molecule has 0 bridgehead atoms. The van der Waals surface area contributed by atoms with Crippen LogP contribution < -0.4 is 5.32 Å². The van der Waals surface area contributed by atoms with Crippen LogP contribution in [0.1, 0.15) is 65.7 Å². The predicted octanol–water partition coefficient (Wildman–Crippen LogP) is 3.98. The van der Waals surface area contributed by atoms with Crippen molar-refractivity contribution in [2.24, 2.45) is 11.8 Å². The van der Waals surface area contributed by atoms with E-state index in [1.165, 1.54) is 51.5 Å². The van der Waals surface area contributed by atoms with Gasteiger partial charge in [0.2, 0.25) is 0 Å². The zero-order chi connectivity index (χ0) is 11.1. The monoisotopic (exact) mass is 211 g/mol. The molecule has 90 valence electrons. The average Bonchev–Trinajstić information content (AvgIpc) is 2.18. The lowest BCUT2D eigenvalue weighted by atomic mass is 9.77. The fourth-order valence-electron chi connectivity index (χ4n) is 2.65. The molecule has 1 N–H and O–H groups in total. The molecule has 0 saturated heterocycles. The van der Waals surface area contributed by atoms with Gasteiger partial charge >= 0.3 is 0 Å². The largest absolute Gasteiger partial charge is 0.314 e. The van der Waals surface area contributed by atoms with Gasteiger partial charge in [-0.05, 0) is 37.6 Å². The Morgan fingerprint density at radius 1 is 1.20 bits per heavy atom. The highest BCUT2D eigenvalue weighted by Gasteiger charge is 2.23. The molecule has 2 unspecified atom stereocenters. The molecule has 1 fully saturated rings. The molecule has 1 aliphatic rings. The van der Waals surface area contributed by atoms with E-state index in [2.05, 4.69) is 26.1 Å². The van der Waals surface area contributed by atoms with Gasteiger partial charge in [-0.3, -0.25) is 0 Å². The van der Waals surface area contributed by atoms with Gasteiger partial charge in [0.25, 0.3) is 0 Å². The Labute approximate surface area is 96.0 Å². The highest BCUT2D eigenvalue weighted by molar-refractivity contribution is 4.79. The Balaban J connectivity index is 2.24. The molecule has 1 aliphatic carbocycles. The van der Waals surface area contributed by atoms with Gasteiger partial charge in [-0.2, -0.15) is 0 Å². The van der Waals surface area contributed by atoms with Gasteiger partial charge in [0.05, 0.1) is 0 Å². The smallest absolute Gasteiger partial charge is 0.00926 e. The minimum Gasteiger partial charge on any atom is -0.314 e. The fourth-order valence-corrected chi connectivity index (χ4v) is 2.65. The Kier molecular flexibility index (Phi) is 6.31. The van der Waals surface area contributed by atoms with Crippen molar-refractivity contribution in [3.63, 3.8) is 0 Å². The highest BCUT2D eigenvalue weighted by atomic mass is 14.9. The van der Waals surface area contributed by atoms with E-state index in [-0.39, 0.29) is 0 Å². The Hall–Kier alpha value is -0.0400. The third-order valence-electron chi connectivity index (χ3n) is 3.87. The van der Waals surface area contributed by atoms with Crippen molar-refractivity contribution in [2.45, 2.75) is 71.8 Å². The van der Waals surface area contributed by atoms with Crippen LogP contribution in [0.2, 0.25) is 0 Å². The van der Waals surface area contributed by atoms with E-state index in [0.29, 0.717) is 0 Å². The summed E-state index contributed by atoms with van der Waals surface area (Å²) >= 11 is 0. The summed E-state index contributed by atoms with van der Waals surface area (Å²) in [5.74, 6) is 1.93. The normalized spacial score (nSPS) is 21.0. The summed E-state index contributed by atoms with van der Waals surface area (Å²) in [5, 5.41) is 3.72. The van der Waals surface area contributed by atoms with E-state index in [1.54, 1.807) is 0 Å². The summed E-state index contributed by atoms with van der Waals surface area (Å²) in [6.45, 7) is 8.20. The molecular weight excluding hydrogens is 182 g/mol. The number of hydrogen-bond acceptors (Lipinski definition) is 1. The summed E-state index contributed by atoms with van der Waals surface area (Å²) in [4.78, 5) is 0. The lowest BCUT2D eigenvalue weighted by Crippen LogP contribution is -2.36. The third kappa shape index (κ3) is 4.55. The van der Waals surface area contributed by atoms with E-state index in [1.807, 2.05) is 0 Å². The van der Waals surface area contributed by atoms with Gasteiger partial charge in [0.1, 0.15) is 0 Å². The second kappa shape index (κ2) is 7.27. The number of nitrogens with one attached hydrogen (secondary N) is 1. The molecule has 0 radical (unpaired) electrons. The van der Waals surface area contributed by atoms with Gasteiger partial charge < -0.3 is 5.32 Å². The van der Waals surface area contributed by atoms with Crippen molar-refractivity contribution >= 4 is 0 Å². The fraction of sp³-hybridized carbons (Fsp3) is 1.00. The highest BCUT2D eigenvalue weighted by Crippen LogP contribution is 2.33. The SMILES string of the molecule is CCCNC(CCC)C(C)CC1CCC1. The Bertz CT molecular complexity index is 151. The van der Waals surface area contributed by atoms with Crippen molar-refractivity contribution in [1.82, 2.24) is 5.32 Å². The summed E-state index contributed by atoms with van der Waals surface area (Å²) in [6, 6.07) is 0.774. The van der Waals surface area contributed by atoms with Crippen LogP contribution in [-0.2, 0) is 0 Å². The number of hydrogen-bond donors (Lipinski definition) is 1. The molecule has 1 heteroatoms. The van der Waals surface area contributed by atoms with Crippen molar-refractivity contribution in [3.05, 3.63) is 0 Å². The minimum absolute atomic E-state index is 0.774. The van der Waals surface area contributed by atoms with Crippen LogP contribution in [0.5, 0.6) is 0 Å². The first-order valence-corrected chi connectivity index (χ1v) is 7.01. The quantitative estimate of drug-likeness (QED) is 0.640. The second-order valence-electron chi connectivity index (χ2n) is 5.36. The van der Waals surface area contributed by atoms with E-state index < -0.39 is 0 Å². The van der Waals surface area contributed by atoms with Gasteiger partial charge in [-0.15, -0.1) is 0 Å². The molecule has 0 aromatic rings. The van der Waals surface area contributed by atoms with Crippen LogP contribution in [0.15, 0.2) is 0 Å². The van der Waals surface area contributed by atoms with Crippen LogP contribution in [0.3, 0.4) is 0 Å². The van der Waals surface area contributed by atoms with Crippen LogP contribution in [0.4, 0.5) is 0 Å². The van der Waals surface area contributed by atoms with Gasteiger partial charge in [0, 0.05) is 6.04 Å². The molecule has 1 saturated carbocycles. The molecule has 0 aromatic heterocycles. The van der Waals surface area contributed by atoms with Crippen molar-refractivity contribution in [2.75, 3.05) is 6.54 Å². The van der Waals surface area contributed by atoms with Gasteiger partial charge in [0.15, 0.2) is 0 Å². The first-order chi connectivity index (χ1) is 7.27. The molecule has 15 heavy (non-hydrogen) atoms. The predicted molar refractivity (Wildman–Crippen MR) is 68.1 cm³/mol. The topological polar surface area (TPSA) is 12.0 Å². The maximum atomic E-state index is 3.72. The molecule has 0 spiro atoms. The van der Waals surface area contributed by atoms with E-state index in [0.717, 1.165) is 17.9 Å². The molecule has 0 aliphatic heterocycles. The van der Waals surface area contributed by atoms with Gasteiger partial charge in [-0.1, -0.05) is 46.5 Å². The van der Waals surface area contributed by atoms with Crippen molar-refractivity contribution in [1.29, 1.82) is 0 Å². The Morgan fingerprint density at radius 3 is 2.40 bits per heavy atom. The van der Waals surface area contributed by atoms with E-state index in [9.17, 15) is 0 Å². The van der Waals surface area contributed by atoms with Crippen LogP contribution in [-0.4, -0.2) is 12.6 Å². The first kappa shape index (κ1) is 13.0. The standard InChI is InChI=1S/C14H29N/c1-4-7-14(15-10-5-2)12(3)11-13-8-6-9-13/h12-15H,4-11H2,1-3H3. The molecule has 0 aromatic carbocycles. The molecule has 1 rings (SSSR count). The van der Waals surface area contributed by atoms with Gasteiger partial charge in [-0.25, -0.2) is 0 Å². The Morgan fingerprint density at radius 2 is 1.93 bits per heavy atom. The lowest BCUT2D eigenvalue weighted by molar-refractivity contribution is 0.220. The second-order valence-corrected chi connectivity index (χ2v) is 5.36. The summed E-state index contributed by atoms with van der Waals surface area (Å²) in [5.41, 5.74) is 0. The molecule has 2 atom stereocenters. The molecule has 1 nitrogen and oxygen atoms in total. The third-order valence-corrected chi connectivity index (χ3v) is 3.87. The maximum absolute atomic E-state index is 3.72. The number of rotatable bonds is 8. The van der Waals surface area contributed by atoms with E-state index >= 15 is 0 Å². The lowest BCUT2D eigenvalue weighted by Gasteiger charge is -2.32. The van der Waals surface area contributed by atoms with Crippen molar-refractivity contribution < 1.29 is 0 Å². The minimum atomic E-state index is 0.774. The average molecular weight is 211 g/mol. The zero-order valence-electron chi connectivity index (χ0n) is 10.9. The van der Waals surface area contributed by atoms with Crippen LogP contribution in [0, 0.1) is 11.8 Å². The van der Waals surface area contributed by atoms with Crippen molar-refractivity contribution in [3.8, 4) is 0 Å². The molecule has 0 heterocycles. The molecular formula is C14H29N. The maximum Gasteiger partial charge on any atom is 0.00926 e. The van der Waals surface area contributed by atoms with E-state index in [4.69, 9.17) is 0 Å². The molecule has 0 amide bonds. The zero-order valence-corrected chi connectivity index (χ0v) is 10.9. The summed E-state index contributed by atoms with van der Waals surface area (Å²) in [7, 11) is 0. The summed E-state index contributed by atoms with van der Waals surface area (Å²) in [6.07, 6.45) is 9.87. The first-order valence-electron chi connectivity index (χ1n) is 7.01.